The molecule has 1 fully saturated rings. The van der Waals surface area contributed by atoms with E-state index in [1.54, 1.807) is 6.92 Å². The van der Waals surface area contributed by atoms with Crippen molar-refractivity contribution in [2.24, 2.45) is 0 Å². The number of hydrogen-bond donors (Lipinski definition) is 1. The molecule has 0 bridgehead atoms. The number of piperidine rings is 1. The monoisotopic (exact) mass is 634 g/mol. The van der Waals surface area contributed by atoms with E-state index in [2.05, 4.69) is 26.7 Å². The highest BCUT2D eigenvalue weighted by Gasteiger charge is 2.39. The van der Waals surface area contributed by atoms with Crippen molar-refractivity contribution in [1.82, 2.24) is 9.88 Å². The van der Waals surface area contributed by atoms with Crippen LogP contribution in [0.2, 0.25) is 0 Å². The summed E-state index contributed by atoms with van der Waals surface area (Å²) in [6.07, 6.45) is -2.10. The summed E-state index contributed by atoms with van der Waals surface area (Å²) in [5.41, 5.74) is 0.739. The highest BCUT2D eigenvalue weighted by atomic mass is 32.2. The molecule has 1 aliphatic rings. The minimum Gasteiger partial charge on any atom is -0.356 e. The standard InChI is InChI=1S/C32H38F4N4O3S/c1-22(24-10-13-27(26(33)20-24)38-44(4,42)43)28(41)14-11-23-12-15-29(32(34,35)36)37-30(23)40-18-16-31(17-19-40,21-39(2)3)25-8-6-5-7-9-25/h5-10,12-13,15,20,22,38H,11,14,16-19,21H2,1-4H3. The minimum atomic E-state index is -4.62. The third-order valence-corrected chi connectivity index (χ3v) is 8.77. The number of alkyl halides is 3. The lowest BCUT2D eigenvalue weighted by Crippen LogP contribution is -2.48. The molecule has 1 atom stereocenters. The highest BCUT2D eigenvalue weighted by Crippen LogP contribution is 2.39. The number of ketones is 1. The summed E-state index contributed by atoms with van der Waals surface area (Å²) in [7, 11) is 0.342. The van der Waals surface area contributed by atoms with Crippen LogP contribution in [0.15, 0.2) is 60.7 Å². The number of nitrogens with one attached hydrogen (secondary N) is 1. The molecule has 0 radical (unpaired) electrons. The van der Waals surface area contributed by atoms with Gasteiger partial charge < -0.3 is 9.80 Å². The average molecular weight is 635 g/mol. The number of carbonyl (C=O) groups excluding carboxylic acids is 1. The molecule has 238 valence electrons. The number of carbonyl (C=O) groups is 1. The first-order valence-corrected chi connectivity index (χ1v) is 16.3. The molecule has 0 amide bonds. The molecule has 0 saturated carbocycles. The quantitative estimate of drug-likeness (QED) is 0.260. The fourth-order valence-corrected chi connectivity index (χ4v) is 6.49. The van der Waals surface area contributed by atoms with Gasteiger partial charge in [0.15, 0.2) is 0 Å². The van der Waals surface area contributed by atoms with Crippen molar-refractivity contribution in [2.45, 2.75) is 50.1 Å². The fourth-order valence-electron chi connectivity index (χ4n) is 5.93. The highest BCUT2D eigenvalue weighted by molar-refractivity contribution is 7.92. The number of aryl methyl sites for hydroxylation is 1. The summed E-state index contributed by atoms with van der Waals surface area (Å²) >= 11 is 0. The number of aromatic nitrogens is 1. The van der Waals surface area contributed by atoms with Gasteiger partial charge in [0, 0.05) is 37.4 Å². The molecule has 1 aliphatic heterocycles. The Hall–Kier alpha value is -3.51. The molecule has 1 saturated heterocycles. The summed E-state index contributed by atoms with van der Waals surface area (Å²) in [4.78, 5) is 21.2. The summed E-state index contributed by atoms with van der Waals surface area (Å²) < 4.78 is 80.6. The largest absolute Gasteiger partial charge is 0.433 e. The number of halogens is 4. The number of likely N-dealkylation sites (N-methyl/N-ethyl adjacent to an activating group) is 1. The topological polar surface area (TPSA) is 82.6 Å². The van der Waals surface area contributed by atoms with Gasteiger partial charge in [-0.05, 0) is 68.2 Å². The van der Waals surface area contributed by atoms with Gasteiger partial charge in [-0.15, -0.1) is 0 Å². The van der Waals surface area contributed by atoms with Crippen molar-refractivity contribution >= 4 is 27.3 Å². The Bertz CT molecular complexity index is 1570. The van der Waals surface area contributed by atoms with Crippen LogP contribution in [0.4, 0.5) is 29.1 Å². The van der Waals surface area contributed by atoms with Gasteiger partial charge in [0.2, 0.25) is 10.0 Å². The number of Topliss-reactive ketones (excluding diaryl/α,β-unsaturated/α-hetero) is 1. The number of rotatable bonds is 11. The fraction of sp³-hybridized carbons (Fsp3) is 0.438. The number of anilines is 2. The van der Waals surface area contributed by atoms with Gasteiger partial charge in [-0.3, -0.25) is 9.52 Å². The van der Waals surface area contributed by atoms with E-state index in [0.717, 1.165) is 37.8 Å². The van der Waals surface area contributed by atoms with E-state index >= 15 is 0 Å². The molecule has 12 heteroatoms. The van der Waals surface area contributed by atoms with Crippen LogP contribution in [-0.2, 0) is 32.8 Å². The van der Waals surface area contributed by atoms with Crippen molar-refractivity contribution in [3.63, 3.8) is 0 Å². The smallest absolute Gasteiger partial charge is 0.356 e. The summed E-state index contributed by atoms with van der Waals surface area (Å²) in [5, 5.41) is 0. The molecular formula is C32H38F4N4O3S. The molecule has 1 aromatic heterocycles. The molecular weight excluding hydrogens is 596 g/mol. The van der Waals surface area contributed by atoms with Gasteiger partial charge in [-0.25, -0.2) is 17.8 Å². The molecule has 2 aromatic carbocycles. The predicted octanol–water partition coefficient (Wildman–Crippen LogP) is 6.02. The molecule has 7 nitrogen and oxygen atoms in total. The molecule has 44 heavy (non-hydrogen) atoms. The van der Waals surface area contributed by atoms with Crippen LogP contribution >= 0.6 is 0 Å². The van der Waals surface area contributed by atoms with E-state index in [4.69, 9.17) is 0 Å². The molecule has 4 rings (SSSR count). The van der Waals surface area contributed by atoms with Crippen LogP contribution in [-0.4, -0.2) is 64.1 Å². The molecule has 2 heterocycles. The zero-order valence-electron chi connectivity index (χ0n) is 25.3. The number of hydrogen-bond acceptors (Lipinski definition) is 6. The van der Waals surface area contributed by atoms with E-state index in [-0.39, 0.29) is 35.5 Å². The van der Waals surface area contributed by atoms with Gasteiger partial charge in [0.1, 0.15) is 23.1 Å². The van der Waals surface area contributed by atoms with E-state index < -0.39 is 33.6 Å². The molecule has 0 aliphatic carbocycles. The second-order valence-corrected chi connectivity index (χ2v) is 13.6. The summed E-state index contributed by atoms with van der Waals surface area (Å²) in [5.74, 6) is -1.52. The second kappa shape index (κ2) is 13.2. The third kappa shape index (κ3) is 8.15. The summed E-state index contributed by atoms with van der Waals surface area (Å²) in [6.45, 7) is 3.42. The normalized spacial score (nSPS) is 16.2. The van der Waals surface area contributed by atoms with Gasteiger partial charge >= 0.3 is 6.18 Å². The van der Waals surface area contributed by atoms with E-state index in [9.17, 15) is 30.8 Å². The number of benzene rings is 2. The van der Waals surface area contributed by atoms with Crippen molar-refractivity contribution < 1.29 is 30.8 Å². The van der Waals surface area contributed by atoms with Crippen molar-refractivity contribution in [3.8, 4) is 0 Å². The molecule has 1 N–H and O–H groups in total. The maximum atomic E-state index is 14.5. The predicted molar refractivity (Wildman–Crippen MR) is 164 cm³/mol. The summed E-state index contributed by atoms with van der Waals surface area (Å²) in [6, 6.07) is 16.3. The average Bonchev–Trinajstić information content (AvgIpc) is 2.96. The molecule has 0 spiro atoms. The third-order valence-electron chi connectivity index (χ3n) is 8.18. The number of pyridine rings is 1. The number of nitrogens with zero attached hydrogens (tertiary/aromatic N) is 3. The lowest BCUT2D eigenvalue weighted by atomic mass is 9.72. The van der Waals surface area contributed by atoms with Gasteiger partial charge in [0.25, 0.3) is 0 Å². The van der Waals surface area contributed by atoms with Crippen molar-refractivity contribution in [2.75, 3.05) is 49.6 Å². The van der Waals surface area contributed by atoms with Crippen molar-refractivity contribution in [3.05, 3.63) is 88.9 Å². The SMILES string of the molecule is CC(C(=O)CCc1ccc(C(F)(F)F)nc1N1CCC(CN(C)C)(c2ccccc2)CC1)c1ccc(NS(C)(=O)=O)c(F)c1. The van der Waals surface area contributed by atoms with Crippen LogP contribution < -0.4 is 9.62 Å². The zero-order valence-corrected chi connectivity index (χ0v) is 26.1. The Morgan fingerprint density at radius 2 is 1.73 bits per heavy atom. The Balaban J connectivity index is 1.53. The first-order chi connectivity index (χ1) is 20.6. The Morgan fingerprint density at radius 3 is 2.30 bits per heavy atom. The maximum Gasteiger partial charge on any atom is 0.433 e. The van der Waals surface area contributed by atoms with Gasteiger partial charge in [-0.1, -0.05) is 49.4 Å². The lowest BCUT2D eigenvalue weighted by Gasteiger charge is -2.44. The molecule has 3 aromatic rings. The van der Waals surface area contributed by atoms with E-state index in [1.165, 1.54) is 23.8 Å². The Morgan fingerprint density at radius 1 is 1.07 bits per heavy atom. The Kier molecular flexibility index (Phi) is 10.0. The van der Waals surface area contributed by atoms with Crippen LogP contribution in [0.1, 0.15) is 54.5 Å². The first kappa shape index (κ1) is 33.4. The second-order valence-electron chi connectivity index (χ2n) is 11.8. The van der Waals surface area contributed by atoms with Gasteiger partial charge in [-0.2, -0.15) is 13.2 Å². The van der Waals surface area contributed by atoms with Crippen LogP contribution in [0.5, 0.6) is 0 Å². The molecule has 1 unspecified atom stereocenters. The lowest BCUT2D eigenvalue weighted by molar-refractivity contribution is -0.141. The first-order valence-electron chi connectivity index (χ1n) is 14.4. The van der Waals surface area contributed by atoms with Crippen LogP contribution in [0, 0.1) is 5.82 Å². The van der Waals surface area contributed by atoms with Crippen LogP contribution in [0.25, 0.3) is 0 Å². The zero-order chi connectivity index (χ0) is 32.3. The minimum absolute atomic E-state index is 0.00852. The van der Waals surface area contributed by atoms with E-state index in [1.807, 2.05) is 37.2 Å². The number of sulfonamides is 1. The Labute approximate surface area is 256 Å². The van der Waals surface area contributed by atoms with E-state index in [0.29, 0.717) is 24.2 Å². The maximum absolute atomic E-state index is 14.5. The van der Waals surface area contributed by atoms with Crippen LogP contribution in [0.3, 0.4) is 0 Å². The van der Waals surface area contributed by atoms with Crippen molar-refractivity contribution in [1.29, 1.82) is 0 Å². The van der Waals surface area contributed by atoms with Gasteiger partial charge in [0.05, 0.1) is 11.9 Å².